The molecule has 2 N–H and O–H groups in total. The Balaban J connectivity index is 2.04. The van der Waals surface area contributed by atoms with Crippen molar-refractivity contribution in [2.75, 3.05) is 5.73 Å². The maximum atomic E-state index is 5.69. The third-order valence-corrected chi connectivity index (χ3v) is 3.89. The lowest BCUT2D eigenvalue weighted by molar-refractivity contribution is 0.766. The summed E-state index contributed by atoms with van der Waals surface area (Å²) in [6.45, 7) is 0. The van der Waals surface area contributed by atoms with Crippen molar-refractivity contribution in [1.29, 1.82) is 0 Å². The third-order valence-electron chi connectivity index (χ3n) is 2.15. The fourth-order valence-corrected chi connectivity index (χ4v) is 2.96. The van der Waals surface area contributed by atoms with E-state index >= 15 is 0 Å². The number of hydrogen-bond donors (Lipinski definition) is 1. The number of anilines is 1. The minimum atomic E-state index is 0.780. The molecule has 2 aromatic rings. The van der Waals surface area contributed by atoms with Gasteiger partial charge in [-0.3, -0.25) is 4.68 Å². The van der Waals surface area contributed by atoms with Gasteiger partial charge >= 0.3 is 0 Å². The first-order chi connectivity index (χ1) is 7.65. The standard InChI is InChI=1S/C11H12BrN3S/c1-15-6-10(5-14-15)16-7-8-2-3-9(13)4-11(8)12/h2-6H,7,13H2,1H3. The van der Waals surface area contributed by atoms with E-state index in [0.717, 1.165) is 15.9 Å². The van der Waals surface area contributed by atoms with Crippen LogP contribution in [-0.2, 0) is 12.8 Å². The molecule has 0 saturated heterocycles. The third kappa shape index (κ3) is 2.80. The fourth-order valence-electron chi connectivity index (χ4n) is 1.32. The number of benzene rings is 1. The van der Waals surface area contributed by atoms with Gasteiger partial charge in [0, 0.05) is 34.1 Å². The molecule has 5 heteroatoms. The second-order valence-corrected chi connectivity index (χ2v) is 5.39. The van der Waals surface area contributed by atoms with Gasteiger partial charge in [-0.2, -0.15) is 5.10 Å². The molecule has 1 aromatic carbocycles. The van der Waals surface area contributed by atoms with Gasteiger partial charge in [0.25, 0.3) is 0 Å². The van der Waals surface area contributed by atoms with E-state index < -0.39 is 0 Å². The van der Waals surface area contributed by atoms with E-state index in [4.69, 9.17) is 5.73 Å². The van der Waals surface area contributed by atoms with Crippen molar-refractivity contribution < 1.29 is 0 Å². The van der Waals surface area contributed by atoms with Crippen LogP contribution in [-0.4, -0.2) is 9.78 Å². The van der Waals surface area contributed by atoms with E-state index in [-0.39, 0.29) is 0 Å². The molecule has 0 aliphatic carbocycles. The summed E-state index contributed by atoms with van der Waals surface area (Å²) in [6, 6.07) is 5.89. The van der Waals surface area contributed by atoms with Gasteiger partial charge in [0.2, 0.25) is 0 Å². The summed E-state index contributed by atoms with van der Waals surface area (Å²) in [5, 5.41) is 4.13. The second kappa shape index (κ2) is 4.93. The number of hydrogen-bond acceptors (Lipinski definition) is 3. The Labute approximate surface area is 107 Å². The molecule has 0 aliphatic heterocycles. The normalized spacial score (nSPS) is 10.6. The molecule has 0 bridgehead atoms. The Morgan fingerprint density at radius 2 is 2.31 bits per heavy atom. The zero-order chi connectivity index (χ0) is 11.5. The number of aromatic nitrogens is 2. The van der Waals surface area contributed by atoms with Crippen molar-refractivity contribution in [3.8, 4) is 0 Å². The van der Waals surface area contributed by atoms with Crippen LogP contribution < -0.4 is 5.73 Å². The number of aryl methyl sites for hydroxylation is 1. The molecule has 84 valence electrons. The van der Waals surface area contributed by atoms with Gasteiger partial charge in [0.15, 0.2) is 0 Å². The van der Waals surface area contributed by atoms with Gasteiger partial charge in [-0.25, -0.2) is 0 Å². The number of halogens is 1. The van der Waals surface area contributed by atoms with Crippen LogP contribution in [0.15, 0.2) is 40.0 Å². The smallest absolute Gasteiger partial charge is 0.0625 e. The van der Waals surface area contributed by atoms with Crippen LogP contribution in [0.1, 0.15) is 5.56 Å². The molecule has 16 heavy (non-hydrogen) atoms. The van der Waals surface area contributed by atoms with Crippen LogP contribution in [0, 0.1) is 0 Å². The van der Waals surface area contributed by atoms with E-state index in [2.05, 4.69) is 21.0 Å². The lowest BCUT2D eigenvalue weighted by atomic mass is 10.2. The van der Waals surface area contributed by atoms with Crippen LogP contribution in [0.2, 0.25) is 0 Å². The highest BCUT2D eigenvalue weighted by Gasteiger charge is 2.02. The Bertz CT molecular complexity index is 496. The van der Waals surface area contributed by atoms with E-state index in [0.29, 0.717) is 0 Å². The SMILES string of the molecule is Cn1cc(SCc2ccc(N)cc2Br)cn1. The van der Waals surface area contributed by atoms with Crippen molar-refractivity contribution in [2.45, 2.75) is 10.6 Å². The minimum Gasteiger partial charge on any atom is -0.399 e. The van der Waals surface area contributed by atoms with Gasteiger partial charge in [0.1, 0.15) is 0 Å². The highest BCUT2D eigenvalue weighted by molar-refractivity contribution is 9.10. The zero-order valence-electron chi connectivity index (χ0n) is 8.85. The molecule has 0 saturated carbocycles. The summed E-state index contributed by atoms with van der Waals surface area (Å²) >= 11 is 5.27. The highest BCUT2D eigenvalue weighted by Crippen LogP contribution is 2.27. The Morgan fingerprint density at radius 1 is 1.50 bits per heavy atom. The predicted molar refractivity (Wildman–Crippen MR) is 71.3 cm³/mol. The number of nitrogens with zero attached hydrogens (tertiary/aromatic N) is 2. The first-order valence-corrected chi connectivity index (χ1v) is 6.58. The molecule has 0 unspecified atom stereocenters. The summed E-state index contributed by atoms with van der Waals surface area (Å²) in [6.07, 6.45) is 3.88. The van der Waals surface area contributed by atoms with Gasteiger partial charge in [0.05, 0.1) is 6.20 Å². The average Bonchev–Trinajstić information content (AvgIpc) is 2.63. The number of nitrogen functional groups attached to an aromatic ring is 1. The van der Waals surface area contributed by atoms with Gasteiger partial charge in [-0.1, -0.05) is 22.0 Å². The highest BCUT2D eigenvalue weighted by atomic mass is 79.9. The predicted octanol–water partition coefficient (Wildman–Crippen LogP) is 3.06. The maximum absolute atomic E-state index is 5.69. The molecule has 0 atom stereocenters. The fraction of sp³-hybridized carbons (Fsp3) is 0.182. The molecule has 0 fully saturated rings. The Hall–Kier alpha value is -0.940. The average molecular weight is 298 g/mol. The molecule has 3 nitrogen and oxygen atoms in total. The summed E-state index contributed by atoms with van der Waals surface area (Å²) in [5.74, 6) is 0.909. The first kappa shape index (κ1) is 11.5. The van der Waals surface area contributed by atoms with E-state index in [1.165, 1.54) is 10.5 Å². The lowest BCUT2D eigenvalue weighted by Crippen LogP contribution is -1.88. The first-order valence-electron chi connectivity index (χ1n) is 4.80. The second-order valence-electron chi connectivity index (χ2n) is 3.49. The van der Waals surface area contributed by atoms with E-state index in [1.807, 2.05) is 37.6 Å². The summed E-state index contributed by atoms with van der Waals surface area (Å²) in [4.78, 5) is 1.17. The van der Waals surface area contributed by atoms with Gasteiger partial charge < -0.3 is 5.73 Å². The number of nitrogens with two attached hydrogens (primary N) is 1. The topological polar surface area (TPSA) is 43.8 Å². The molecule has 1 heterocycles. The van der Waals surface area contributed by atoms with Crippen LogP contribution >= 0.6 is 27.7 Å². The van der Waals surface area contributed by atoms with Gasteiger partial charge in [-0.15, -0.1) is 11.8 Å². The monoisotopic (exact) mass is 297 g/mol. The maximum Gasteiger partial charge on any atom is 0.0625 e. The number of rotatable bonds is 3. The zero-order valence-corrected chi connectivity index (χ0v) is 11.3. The lowest BCUT2D eigenvalue weighted by Gasteiger charge is -2.04. The van der Waals surface area contributed by atoms with Crippen LogP contribution in [0.5, 0.6) is 0 Å². The quantitative estimate of drug-likeness (QED) is 0.699. The summed E-state index contributed by atoms with van der Waals surface area (Å²) < 4.78 is 2.87. The summed E-state index contributed by atoms with van der Waals surface area (Å²) in [7, 11) is 1.92. The van der Waals surface area contributed by atoms with Crippen LogP contribution in [0.4, 0.5) is 5.69 Å². The van der Waals surface area contributed by atoms with Crippen molar-refractivity contribution in [2.24, 2.45) is 7.05 Å². The molecule has 1 aromatic heterocycles. The number of thioether (sulfide) groups is 1. The minimum absolute atomic E-state index is 0.780. The van der Waals surface area contributed by atoms with Crippen LogP contribution in [0.25, 0.3) is 0 Å². The van der Waals surface area contributed by atoms with E-state index in [1.54, 1.807) is 16.4 Å². The molecular formula is C11H12BrN3S. The molecule has 0 amide bonds. The molecule has 0 radical (unpaired) electrons. The van der Waals surface area contributed by atoms with Crippen molar-refractivity contribution >= 4 is 33.4 Å². The Kier molecular flexibility index (Phi) is 3.56. The van der Waals surface area contributed by atoms with E-state index in [9.17, 15) is 0 Å². The van der Waals surface area contributed by atoms with Crippen molar-refractivity contribution in [1.82, 2.24) is 9.78 Å². The molecule has 0 spiro atoms. The van der Waals surface area contributed by atoms with Crippen molar-refractivity contribution in [3.63, 3.8) is 0 Å². The van der Waals surface area contributed by atoms with Gasteiger partial charge in [-0.05, 0) is 17.7 Å². The molecule has 0 aliphatic rings. The molecular weight excluding hydrogens is 286 g/mol. The van der Waals surface area contributed by atoms with Crippen LogP contribution in [0.3, 0.4) is 0 Å². The Morgan fingerprint density at radius 3 is 2.94 bits per heavy atom. The van der Waals surface area contributed by atoms with Crippen molar-refractivity contribution in [3.05, 3.63) is 40.6 Å². The largest absolute Gasteiger partial charge is 0.399 e. The molecule has 2 rings (SSSR count). The summed E-state index contributed by atoms with van der Waals surface area (Å²) in [5.41, 5.74) is 7.71.